The van der Waals surface area contributed by atoms with Gasteiger partial charge in [-0.3, -0.25) is 10.1 Å². The number of nitrogen functional groups attached to an aromatic ring is 1. The van der Waals surface area contributed by atoms with E-state index in [1.54, 1.807) is 38.6 Å². The summed E-state index contributed by atoms with van der Waals surface area (Å²) in [6.45, 7) is 0. The molecule has 9 heteroatoms. The van der Waals surface area contributed by atoms with Gasteiger partial charge in [0.05, 0.1) is 23.9 Å². The number of aromatic nitrogens is 4. The number of halogens is 1. The van der Waals surface area contributed by atoms with Crippen molar-refractivity contribution in [1.82, 2.24) is 20.2 Å². The van der Waals surface area contributed by atoms with Crippen LogP contribution in [0.15, 0.2) is 47.7 Å². The fourth-order valence-electron chi connectivity index (χ4n) is 3.03. The van der Waals surface area contributed by atoms with Crippen LogP contribution in [0, 0.1) is 5.82 Å². The maximum absolute atomic E-state index is 13.3. The molecule has 0 saturated heterocycles. The number of nitrogens with zero attached hydrogens (tertiary/aromatic N) is 4. The maximum atomic E-state index is 13.3. The lowest BCUT2D eigenvalue weighted by Gasteiger charge is -2.14. The van der Waals surface area contributed by atoms with E-state index in [9.17, 15) is 4.39 Å². The fourth-order valence-corrected chi connectivity index (χ4v) is 3.03. The lowest BCUT2D eigenvalue weighted by Crippen LogP contribution is -2.02. The number of ether oxygens (including phenoxy) is 1. The molecule has 0 atom stereocenters. The van der Waals surface area contributed by atoms with Crippen molar-refractivity contribution in [2.75, 3.05) is 25.2 Å². The number of fused-ring (bicyclic) bond motifs is 1. The van der Waals surface area contributed by atoms with Crippen LogP contribution in [-0.4, -0.2) is 40.5 Å². The van der Waals surface area contributed by atoms with Crippen molar-refractivity contribution < 1.29 is 9.13 Å². The molecule has 0 fully saturated rings. The van der Waals surface area contributed by atoms with Gasteiger partial charge in [-0.2, -0.15) is 5.10 Å². The van der Waals surface area contributed by atoms with Crippen LogP contribution in [0.5, 0.6) is 5.75 Å². The van der Waals surface area contributed by atoms with Gasteiger partial charge in [0.2, 0.25) is 0 Å². The van der Waals surface area contributed by atoms with E-state index >= 15 is 0 Å². The van der Waals surface area contributed by atoms with Crippen LogP contribution in [-0.2, 0) is 0 Å². The number of rotatable bonds is 5. The van der Waals surface area contributed by atoms with E-state index < -0.39 is 0 Å². The van der Waals surface area contributed by atoms with Crippen molar-refractivity contribution in [2.45, 2.75) is 0 Å². The second-order valence-corrected chi connectivity index (χ2v) is 6.22. The lowest BCUT2D eigenvalue weighted by atomic mass is 10.1. The second-order valence-electron chi connectivity index (χ2n) is 6.22. The average Bonchev–Trinajstić information content (AvgIpc) is 3.16. The Balaban J connectivity index is 1.84. The van der Waals surface area contributed by atoms with Crippen LogP contribution in [0.25, 0.3) is 22.3 Å². The van der Waals surface area contributed by atoms with Gasteiger partial charge in [-0.25, -0.2) is 14.4 Å². The maximum Gasteiger partial charge on any atom is 0.186 e. The van der Waals surface area contributed by atoms with Crippen molar-refractivity contribution in [3.8, 4) is 17.0 Å². The third kappa shape index (κ3) is 3.45. The van der Waals surface area contributed by atoms with Crippen molar-refractivity contribution >= 4 is 34.4 Å². The van der Waals surface area contributed by atoms with Gasteiger partial charge in [0.25, 0.3) is 0 Å². The van der Waals surface area contributed by atoms with Gasteiger partial charge >= 0.3 is 0 Å². The fraction of sp³-hybridized carbons (Fsp3) is 0.100. The van der Waals surface area contributed by atoms with E-state index in [1.165, 1.54) is 18.5 Å². The molecule has 4 N–H and O–H groups in total. The number of benzene rings is 2. The standard InChI is InChI=1S/C20H18FN7O/c1-23-9-12-7-15(16(29-2)8-14(12)22)26-19-17-18(11-3-5-13(21)6-4-11)27-28-20(17)25-10-24-19/h3-10H,22H2,1-2H3,(H2,24,25,26,27,28). The third-order valence-corrected chi connectivity index (χ3v) is 4.41. The van der Waals surface area contributed by atoms with Gasteiger partial charge in [0.15, 0.2) is 5.65 Å². The predicted octanol–water partition coefficient (Wildman–Crippen LogP) is 3.54. The number of nitrogens with two attached hydrogens (primary N) is 1. The van der Waals surface area contributed by atoms with Crippen molar-refractivity contribution in [2.24, 2.45) is 4.99 Å². The SMILES string of the molecule is CN=Cc1cc(Nc2ncnc3n[nH]c(-c4ccc(F)cc4)c23)c(OC)cc1N. The summed E-state index contributed by atoms with van der Waals surface area (Å²) in [6.07, 6.45) is 3.08. The molecule has 0 saturated carbocycles. The zero-order valence-electron chi connectivity index (χ0n) is 15.8. The predicted molar refractivity (Wildman–Crippen MR) is 111 cm³/mol. The van der Waals surface area contributed by atoms with Crippen LogP contribution >= 0.6 is 0 Å². The summed E-state index contributed by atoms with van der Waals surface area (Å²) >= 11 is 0. The summed E-state index contributed by atoms with van der Waals surface area (Å²) in [5, 5.41) is 11.1. The average molecular weight is 391 g/mol. The number of methoxy groups -OCH3 is 1. The van der Waals surface area contributed by atoms with Gasteiger partial charge in [0, 0.05) is 36.1 Å². The quantitative estimate of drug-likeness (QED) is 0.354. The summed E-state index contributed by atoms with van der Waals surface area (Å²) in [6, 6.07) is 9.65. The number of hydrogen-bond acceptors (Lipinski definition) is 7. The Morgan fingerprint density at radius 1 is 1.21 bits per heavy atom. The molecular weight excluding hydrogens is 373 g/mol. The Hall–Kier alpha value is -4.01. The summed E-state index contributed by atoms with van der Waals surface area (Å²) in [4.78, 5) is 12.6. The molecule has 0 spiro atoms. The van der Waals surface area contributed by atoms with E-state index in [0.717, 1.165) is 11.1 Å². The highest BCUT2D eigenvalue weighted by atomic mass is 19.1. The van der Waals surface area contributed by atoms with Crippen molar-refractivity contribution in [3.05, 3.63) is 54.1 Å². The molecule has 29 heavy (non-hydrogen) atoms. The highest BCUT2D eigenvalue weighted by Gasteiger charge is 2.16. The molecule has 0 amide bonds. The number of nitrogens with one attached hydrogen (secondary N) is 2. The Morgan fingerprint density at radius 2 is 2.00 bits per heavy atom. The van der Waals surface area contributed by atoms with Gasteiger partial charge in [-0.1, -0.05) is 0 Å². The summed E-state index contributed by atoms with van der Waals surface area (Å²) in [5.74, 6) is 0.753. The van der Waals surface area contributed by atoms with Crippen LogP contribution in [0.1, 0.15) is 5.56 Å². The summed E-state index contributed by atoms with van der Waals surface area (Å²) < 4.78 is 18.8. The minimum atomic E-state index is -0.316. The number of aromatic amines is 1. The molecule has 0 aliphatic carbocycles. The Kier molecular flexibility index (Phi) is 4.78. The highest BCUT2D eigenvalue weighted by molar-refractivity contribution is 6.00. The van der Waals surface area contributed by atoms with Gasteiger partial charge in [-0.05, 0) is 30.3 Å². The first-order chi connectivity index (χ1) is 14.1. The minimum Gasteiger partial charge on any atom is -0.494 e. The third-order valence-electron chi connectivity index (χ3n) is 4.41. The first-order valence-electron chi connectivity index (χ1n) is 8.72. The summed E-state index contributed by atoms with van der Waals surface area (Å²) in [7, 11) is 3.23. The van der Waals surface area contributed by atoms with Crippen LogP contribution < -0.4 is 15.8 Å². The van der Waals surface area contributed by atoms with E-state index in [4.69, 9.17) is 10.5 Å². The molecule has 0 aliphatic heterocycles. The zero-order valence-corrected chi connectivity index (χ0v) is 15.8. The first kappa shape index (κ1) is 18.4. The molecular formula is C20H18FN7O. The smallest absolute Gasteiger partial charge is 0.186 e. The van der Waals surface area contributed by atoms with Gasteiger partial charge in [0.1, 0.15) is 23.7 Å². The molecule has 4 aromatic rings. The molecule has 146 valence electrons. The molecule has 8 nitrogen and oxygen atoms in total. The number of H-pyrrole nitrogens is 1. The molecule has 4 rings (SSSR count). The molecule has 2 aromatic carbocycles. The van der Waals surface area contributed by atoms with Crippen molar-refractivity contribution in [3.63, 3.8) is 0 Å². The Bertz CT molecular complexity index is 1200. The number of aliphatic imine (C=N–C) groups is 1. The zero-order chi connectivity index (χ0) is 20.4. The normalized spacial score (nSPS) is 11.3. The highest BCUT2D eigenvalue weighted by Crippen LogP contribution is 2.35. The largest absolute Gasteiger partial charge is 0.494 e. The van der Waals surface area contributed by atoms with Crippen LogP contribution in [0.2, 0.25) is 0 Å². The second kappa shape index (κ2) is 7.55. The van der Waals surface area contributed by atoms with E-state index in [-0.39, 0.29) is 5.82 Å². The van der Waals surface area contributed by atoms with Crippen LogP contribution in [0.4, 0.5) is 21.6 Å². The van der Waals surface area contributed by atoms with Crippen LogP contribution in [0.3, 0.4) is 0 Å². The molecule has 2 heterocycles. The van der Waals surface area contributed by atoms with E-state index in [1.807, 2.05) is 6.07 Å². The van der Waals surface area contributed by atoms with E-state index in [0.29, 0.717) is 39.7 Å². The van der Waals surface area contributed by atoms with Gasteiger partial charge in [-0.15, -0.1) is 0 Å². The van der Waals surface area contributed by atoms with E-state index in [2.05, 4.69) is 30.5 Å². The minimum absolute atomic E-state index is 0.316. The molecule has 0 unspecified atom stereocenters. The molecule has 2 aromatic heterocycles. The van der Waals surface area contributed by atoms with Gasteiger partial charge < -0.3 is 15.8 Å². The molecule has 0 aliphatic rings. The summed E-state index contributed by atoms with van der Waals surface area (Å²) in [5.41, 5.74) is 9.91. The first-order valence-corrected chi connectivity index (χ1v) is 8.72. The number of hydrogen-bond donors (Lipinski definition) is 3. The molecule has 0 bridgehead atoms. The lowest BCUT2D eigenvalue weighted by molar-refractivity contribution is 0.417. The molecule has 0 radical (unpaired) electrons. The monoisotopic (exact) mass is 391 g/mol. The number of anilines is 3. The Morgan fingerprint density at radius 3 is 2.72 bits per heavy atom. The topological polar surface area (TPSA) is 114 Å². The Labute approximate surface area is 165 Å². The van der Waals surface area contributed by atoms with Crippen molar-refractivity contribution in [1.29, 1.82) is 0 Å².